The van der Waals surface area contributed by atoms with E-state index in [-0.39, 0.29) is 18.9 Å². The number of thiocarbonyl (C=S) groups is 1. The van der Waals surface area contributed by atoms with Gasteiger partial charge in [0, 0.05) is 28.6 Å². The number of hydrazine groups is 1. The maximum atomic E-state index is 12.6. The summed E-state index contributed by atoms with van der Waals surface area (Å²) in [6, 6.07) is 13.5. The minimum atomic E-state index is -0.501. The Hall–Kier alpha value is -2.39. The summed E-state index contributed by atoms with van der Waals surface area (Å²) in [6.07, 6.45) is 1.63. The molecule has 1 aliphatic heterocycles. The van der Waals surface area contributed by atoms with Crippen LogP contribution < -0.4 is 10.9 Å². The van der Waals surface area contributed by atoms with E-state index in [9.17, 15) is 14.4 Å². The van der Waals surface area contributed by atoms with Gasteiger partial charge in [0.1, 0.15) is 4.32 Å². The molecule has 0 bridgehead atoms. The minimum absolute atomic E-state index is 0.0400. The number of carbonyl (C=O) groups excluding carboxylic acids is 3. The Kier molecular flexibility index (Phi) is 7.49. The molecule has 6 nitrogen and oxygen atoms in total. The quantitative estimate of drug-likeness (QED) is 0.384. The molecule has 2 aromatic carbocycles. The van der Waals surface area contributed by atoms with Crippen molar-refractivity contribution in [2.24, 2.45) is 0 Å². The van der Waals surface area contributed by atoms with Gasteiger partial charge in [0.25, 0.3) is 11.8 Å². The first-order valence-corrected chi connectivity index (χ1v) is 10.7. The molecule has 0 unspecified atom stereocenters. The molecule has 1 heterocycles. The average molecular weight is 480 g/mol. The van der Waals surface area contributed by atoms with Crippen molar-refractivity contribution in [2.45, 2.75) is 6.42 Å². The van der Waals surface area contributed by atoms with E-state index in [2.05, 4.69) is 10.9 Å². The van der Waals surface area contributed by atoms with Crippen molar-refractivity contribution in [2.75, 3.05) is 6.54 Å². The molecular weight excluding hydrogens is 465 g/mol. The van der Waals surface area contributed by atoms with Crippen molar-refractivity contribution in [1.29, 1.82) is 0 Å². The summed E-state index contributed by atoms with van der Waals surface area (Å²) in [7, 11) is 0. The van der Waals surface area contributed by atoms with Gasteiger partial charge in [0.15, 0.2) is 0 Å². The number of hydrogen-bond donors (Lipinski definition) is 2. The van der Waals surface area contributed by atoms with Gasteiger partial charge < -0.3 is 0 Å². The van der Waals surface area contributed by atoms with Crippen LogP contribution in [0.15, 0.2) is 53.4 Å². The van der Waals surface area contributed by atoms with Crippen LogP contribution >= 0.6 is 47.2 Å². The number of carbonyl (C=O) groups is 3. The van der Waals surface area contributed by atoms with E-state index in [1.165, 1.54) is 11.0 Å². The summed E-state index contributed by atoms with van der Waals surface area (Å²) in [6.45, 7) is 0.0867. The summed E-state index contributed by atoms with van der Waals surface area (Å²) in [5.41, 5.74) is 5.64. The van der Waals surface area contributed by atoms with Gasteiger partial charge in [-0.15, -0.1) is 0 Å². The van der Waals surface area contributed by atoms with Gasteiger partial charge in [-0.05, 0) is 35.9 Å². The first kappa shape index (κ1) is 22.3. The lowest BCUT2D eigenvalue weighted by Gasteiger charge is -2.14. The van der Waals surface area contributed by atoms with Crippen LogP contribution in [0.5, 0.6) is 0 Å². The van der Waals surface area contributed by atoms with Crippen LogP contribution in [0.25, 0.3) is 6.08 Å². The summed E-state index contributed by atoms with van der Waals surface area (Å²) in [5, 5.41) is 0.936. The molecule has 0 aliphatic carbocycles. The van der Waals surface area contributed by atoms with Gasteiger partial charge in [0.05, 0.1) is 4.91 Å². The highest BCUT2D eigenvalue weighted by molar-refractivity contribution is 8.26. The predicted molar refractivity (Wildman–Crippen MR) is 123 cm³/mol. The zero-order chi connectivity index (χ0) is 21.7. The first-order chi connectivity index (χ1) is 14.3. The molecule has 0 radical (unpaired) electrons. The zero-order valence-corrected chi connectivity index (χ0v) is 18.5. The van der Waals surface area contributed by atoms with Crippen molar-refractivity contribution in [3.05, 3.63) is 74.6 Å². The molecule has 0 aromatic heterocycles. The molecular formula is C20H15Cl2N3O3S2. The lowest BCUT2D eigenvalue weighted by atomic mass is 10.2. The van der Waals surface area contributed by atoms with E-state index in [4.69, 9.17) is 35.4 Å². The number of nitrogens with one attached hydrogen (secondary N) is 2. The molecule has 3 rings (SSSR count). The van der Waals surface area contributed by atoms with Crippen molar-refractivity contribution in [1.82, 2.24) is 15.8 Å². The van der Waals surface area contributed by atoms with Gasteiger partial charge in [-0.3, -0.25) is 30.1 Å². The molecule has 1 aliphatic rings. The van der Waals surface area contributed by atoms with Crippen molar-refractivity contribution in [3.63, 3.8) is 0 Å². The fourth-order valence-corrected chi connectivity index (χ4v) is 4.21. The maximum absolute atomic E-state index is 12.6. The highest BCUT2D eigenvalue weighted by Crippen LogP contribution is 2.33. The Morgan fingerprint density at radius 2 is 1.87 bits per heavy atom. The number of hydrogen-bond acceptors (Lipinski definition) is 5. The van der Waals surface area contributed by atoms with Gasteiger partial charge >= 0.3 is 0 Å². The van der Waals surface area contributed by atoms with Crippen LogP contribution in [0.3, 0.4) is 0 Å². The van der Waals surface area contributed by atoms with Gasteiger partial charge in [-0.2, -0.15) is 0 Å². The fourth-order valence-electron chi connectivity index (χ4n) is 2.53. The fraction of sp³-hybridized carbons (Fsp3) is 0.100. The van der Waals surface area contributed by atoms with Crippen molar-refractivity contribution in [3.8, 4) is 0 Å². The van der Waals surface area contributed by atoms with Crippen LogP contribution in [0.1, 0.15) is 22.3 Å². The van der Waals surface area contributed by atoms with Crippen LogP contribution in [-0.4, -0.2) is 33.5 Å². The lowest BCUT2D eigenvalue weighted by Crippen LogP contribution is -2.43. The summed E-state index contributed by atoms with van der Waals surface area (Å²) >= 11 is 18.4. The third kappa shape index (κ3) is 5.60. The van der Waals surface area contributed by atoms with E-state index in [0.717, 1.165) is 11.8 Å². The highest BCUT2D eigenvalue weighted by atomic mass is 35.5. The van der Waals surface area contributed by atoms with Crippen LogP contribution in [0.4, 0.5) is 0 Å². The largest absolute Gasteiger partial charge is 0.292 e. The minimum Gasteiger partial charge on any atom is -0.292 e. The monoisotopic (exact) mass is 479 g/mol. The second kappa shape index (κ2) is 10.1. The number of rotatable bonds is 5. The van der Waals surface area contributed by atoms with Gasteiger partial charge in [-0.1, -0.05) is 71.4 Å². The molecule has 1 saturated heterocycles. The maximum Gasteiger partial charge on any atom is 0.269 e. The van der Waals surface area contributed by atoms with Crippen molar-refractivity contribution < 1.29 is 14.4 Å². The molecule has 0 atom stereocenters. The normalized spacial score (nSPS) is 14.9. The zero-order valence-electron chi connectivity index (χ0n) is 15.4. The molecule has 2 aromatic rings. The van der Waals surface area contributed by atoms with Crippen LogP contribution in [0, 0.1) is 0 Å². The second-order valence-electron chi connectivity index (χ2n) is 6.12. The smallest absolute Gasteiger partial charge is 0.269 e. The lowest BCUT2D eigenvalue weighted by molar-refractivity contribution is -0.124. The standard InChI is InChI=1S/C20H15Cl2N3O3S2/c21-14-6-3-5-13(10-14)18(27)24-23-17(26)8-9-25-19(28)16(30-20(25)29)11-12-4-1-2-7-15(12)22/h1-7,10-11H,8-9H2,(H,23,26)(H,24,27)/b16-11-. The first-order valence-electron chi connectivity index (χ1n) is 8.70. The second-order valence-corrected chi connectivity index (χ2v) is 8.64. The van der Waals surface area contributed by atoms with Gasteiger partial charge in [-0.25, -0.2) is 0 Å². The molecule has 0 spiro atoms. The number of nitrogens with zero attached hydrogens (tertiary/aromatic N) is 1. The predicted octanol–water partition coefficient (Wildman–Crippen LogP) is 4.05. The molecule has 2 N–H and O–H groups in total. The Morgan fingerprint density at radius 3 is 2.60 bits per heavy atom. The Labute approximate surface area is 192 Å². The SMILES string of the molecule is O=C(CCN1C(=O)/C(=C/c2ccccc2Cl)SC1=S)NNC(=O)c1cccc(Cl)c1. The summed E-state index contributed by atoms with van der Waals surface area (Å²) in [5.74, 6) is -1.26. The molecule has 3 amide bonds. The van der Waals surface area contributed by atoms with Gasteiger partial charge in [0.2, 0.25) is 5.91 Å². The number of benzene rings is 2. The highest BCUT2D eigenvalue weighted by Gasteiger charge is 2.32. The third-order valence-corrected chi connectivity index (χ3v) is 5.99. The Balaban J connectivity index is 1.53. The van der Waals surface area contributed by atoms with Crippen LogP contribution in [-0.2, 0) is 9.59 Å². The van der Waals surface area contributed by atoms with E-state index < -0.39 is 11.8 Å². The molecule has 154 valence electrons. The molecule has 30 heavy (non-hydrogen) atoms. The summed E-state index contributed by atoms with van der Waals surface area (Å²) < 4.78 is 0.356. The van der Waals surface area contributed by atoms with Crippen LogP contribution in [0.2, 0.25) is 10.0 Å². The molecule has 0 saturated carbocycles. The van der Waals surface area contributed by atoms with E-state index in [1.807, 2.05) is 6.07 Å². The Bertz CT molecular complexity index is 1060. The summed E-state index contributed by atoms with van der Waals surface area (Å²) in [4.78, 5) is 38.5. The number of amides is 3. The number of halogens is 2. The Morgan fingerprint density at radius 1 is 1.10 bits per heavy atom. The van der Waals surface area contributed by atoms with E-state index >= 15 is 0 Å². The van der Waals surface area contributed by atoms with Crippen molar-refractivity contribution >= 4 is 75.3 Å². The molecule has 10 heteroatoms. The number of thioether (sulfide) groups is 1. The molecule has 1 fully saturated rings. The topological polar surface area (TPSA) is 78.5 Å². The average Bonchev–Trinajstić information content (AvgIpc) is 2.99. The third-order valence-electron chi connectivity index (χ3n) is 4.03. The van der Waals surface area contributed by atoms with E-state index in [0.29, 0.717) is 30.4 Å². The van der Waals surface area contributed by atoms with E-state index in [1.54, 1.807) is 42.5 Å².